The van der Waals surface area contributed by atoms with Crippen LogP contribution in [0.2, 0.25) is 0 Å². The SMILES string of the molecule is CCCCc1c(Br)c(Br)c(CCCC)c2c1SCc1ccccc1CS2. The normalized spacial score (nSPS) is 13.7. The number of fused-ring (bicyclic) bond motifs is 2. The molecule has 1 heterocycles. The number of hydrogen-bond acceptors (Lipinski definition) is 2. The van der Waals surface area contributed by atoms with Gasteiger partial charge in [0, 0.05) is 30.2 Å². The summed E-state index contributed by atoms with van der Waals surface area (Å²) in [7, 11) is 0. The van der Waals surface area contributed by atoms with Gasteiger partial charge in [0.05, 0.1) is 0 Å². The van der Waals surface area contributed by atoms with Crippen molar-refractivity contribution in [2.24, 2.45) is 0 Å². The first-order valence-electron chi connectivity index (χ1n) is 9.52. The largest absolute Gasteiger partial charge is 0.120 e. The zero-order chi connectivity index (χ0) is 18.5. The second-order valence-electron chi connectivity index (χ2n) is 6.80. The Morgan fingerprint density at radius 3 is 1.58 bits per heavy atom. The van der Waals surface area contributed by atoms with E-state index in [2.05, 4.69) is 70.0 Å². The molecule has 4 heteroatoms. The van der Waals surface area contributed by atoms with Crippen LogP contribution in [0, 0.1) is 0 Å². The maximum atomic E-state index is 3.94. The Balaban J connectivity index is 2.08. The van der Waals surface area contributed by atoms with E-state index in [1.165, 1.54) is 66.7 Å². The Kier molecular flexibility index (Phi) is 8.04. The Hall–Kier alpha value is 0.1000. The molecule has 1 aliphatic rings. The van der Waals surface area contributed by atoms with Crippen LogP contribution in [-0.2, 0) is 24.3 Å². The molecule has 140 valence electrons. The highest BCUT2D eigenvalue weighted by Crippen LogP contribution is 2.49. The average Bonchev–Trinajstić information content (AvgIpc) is 2.64. The highest BCUT2D eigenvalue weighted by molar-refractivity contribution is 9.13. The predicted octanol–water partition coefficient (Wildman–Crippen LogP) is 8.79. The van der Waals surface area contributed by atoms with E-state index in [4.69, 9.17) is 0 Å². The zero-order valence-corrected chi connectivity index (χ0v) is 20.3. The Morgan fingerprint density at radius 1 is 0.769 bits per heavy atom. The lowest BCUT2D eigenvalue weighted by Crippen LogP contribution is -2.04. The predicted molar refractivity (Wildman–Crippen MR) is 125 cm³/mol. The molecule has 0 aliphatic carbocycles. The molecular formula is C22H26Br2S2. The number of halogens is 2. The maximum Gasteiger partial charge on any atom is 0.0364 e. The van der Waals surface area contributed by atoms with E-state index in [9.17, 15) is 0 Å². The van der Waals surface area contributed by atoms with Gasteiger partial charge in [-0.2, -0.15) is 0 Å². The second kappa shape index (κ2) is 10.0. The molecule has 0 saturated heterocycles. The number of unbranched alkanes of at least 4 members (excludes halogenated alkanes) is 2. The summed E-state index contributed by atoms with van der Waals surface area (Å²) in [5.41, 5.74) is 5.99. The van der Waals surface area contributed by atoms with Crippen molar-refractivity contribution in [2.45, 2.75) is 73.7 Å². The Labute approximate surface area is 183 Å². The molecule has 0 amide bonds. The van der Waals surface area contributed by atoms with Gasteiger partial charge in [-0.05, 0) is 79.8 Å². The molecule has 0 nitrogen and oxygen atoms in total. The second-order valence-corrected chi connectivity index (χ2v) is 10.4. The molecule has 2 aromatic carbocycles. The molecule has 0 N–H and O–H groups in total. The minimum Gasteiger partial charge on any atom is -0.120 e. The summed E-state index contributed by atoms with van der Waals surface area (Å²) >= 11 is 12.0. The highest BCUT2D eigenvalue weighted by atomic mass is 79.9. The van der Waals surface area contributed by atoms with Gasteiger partial charge in [-0.25, -0.2) is 0 Å². The summed E-state index contributed by atoms with van der Waals surface area (Å²) in [4.78, 5) is 3.05. The summed E-state index contributed by atoms with van der Waals surface area (Å²) in [5.74, 6) is 2.15. The third-order valence-corrected chi connectivity index (χ3v) is 9.70. The lowest BCUT2D eigenvalue weighted by molar-refractivity contribution is 0.754. The van der Waals surface area contributed by atoms with E-state index in [0.717, 1.165) is 24.3 Å². The van der Waals surface area contributed by atoms with Gasteiger partial charge in [0.15, 0.2) is 0 Å². The standard InChI is InChI=1S/C22H26Br2S2/c1-3-5-11-17-19(23)20(24)18(12-6-4-2)22-21(17)25-13-15-9-7-8-10-16(15)14-26-22/h7-10H,3-6,11-14H2,1-2H3. The van der Waals surface area contributed by atoms with Gasteiger partial charge >= 0.3 is 0 Å². The number of rotatable bonds is 6. The molecular weight excluding hydrogens is 488 g/mol. The van der Waals surface area contributed by atoms with Crippen molar-refractivity contribution in [3.05, 3.63) is 55.5 Å². The summed E-state index contributed by atoms with van der Waals surface area (Å²) < 4.78 is 2.58. The summed E-state index contributed by atoms with van der Waals surface area (Å²) in [5, 5.41) is 0. The Morgan fingerprint density at radius 2 is 1.19 bits per heavy atom. The fourth-order valence-corrected chi connectivity index (χ4v) is 7.65. The monoisotopic (exact) mass is 512 g/mol. The molecule has 3 rings (SSSR count). The first-order valence-corrected chi connectivity index (χ1v) is 13.1. The molecule has 0 fully saturated rings. The van der Waals surface area contributed by atoms with Crippen LogP contribution < -0.4 is 0 Å². The van der Waals surface area contributed by atoms with E-state index in [0.29, 0.717) is 0 Å². The van der Waals surface area contributed by atoms with Crippen LogP contribution in [0.1, 0.15) is 61.8 Å². The third kappa shape index (κ3) is 4.56. The van der Waals surface area contributed by atoms with E-state index in [1.54, 1.807) is 0 Å². The van der Waals surface area contributed by atoms with Gasteiger partial charge in [0.1, 0.15) is 0 Å². The van der Waals surface area contributed by atoms with Gasteiger partial charge in [-0.15, -0.1) is 23.5 Å². The van der Waals surface area contributed by atoms with Crippen molar-refractivity contribution < 1.29 is 0 Å². The lowest BCUT2D eigenvalue weighted by atomic mass is 10.0. The molecule has 2 aromatic rings. The van der Waals surface area contributed by atoms with Gasteiger partial charge in [0.25, 0.3) is 0 Å². The van der Waals surface area contributed by atoms with Gasteiger partial charge < -0.3 is 0 Å². The molecule has 0 atom stereocenters. The molecule has 0 saturated carbocycles. The van der Waals surface area contributed by atoms with Crippen molar-refractivity contribution in [3.63, 3.8) is 0 Å². The first kappa shape index (κ1) is 20.8. The number of benzene rings is 2. The molecule has 0 aromatic heterocycles. The maximum absolute atomic E-state index is 3.94. The highest BCUT2D eigenvalue weighted by Gasteiger charge is 2.23. The molecule has 1 aliphatic heterocycles. The third-order valence-electron chi connectivity index (χ3n) is 4.90. The lowest BCUT2D eigenvalue weighted by Gasteiger charge is -2.24. The van der Waals surface area contributed by atoms with Crippen LogP contribution in [-0.4, -0.2) is 0 Å². The molecule has 0 spiro atoms. The smallest absolute Gasteiger partial charge is 0.0364 e. The number of hydrogen-bond donors (Lipinski definition) is 0. The van der Waals surface area contributed by atoms with Crippen LogP contribution in [0.3, 0.4) is 0 Å². The molecule has 0 unspecified atom stereocenters. The van der Waals surface area contributed by atoms with Crippen LogP contribution in [0.25, 0.3) is 0 Å². The topological polar surface area (TPSA) is 0 Å². The minimum atomic E-state index is 1.07. The fourth-order valence-electron chi connectivity index (χ4n) is 3.34. The van der Waals surface area contributed by atoms with E-state index in [-0.39, 0.29) is 0 Å². The van der Waals surface area contributed by atoms with Crippen LogP contribution in [0.15, 0.2) is 43.0 Å². The van der Waals surface area contributed by atoms with Gasteiger partial charge in [-0.1, -0.05) is 51.0 Å². The van der Waals surface area contributed by atoms with Gasteiger partial charge in [-0.3, -0.25) is 0 Å². The molecule has 0 bridgehead atoms. The van der Waals surface area contributed by atoms with Crippen LogP contribution >= 0.6 is 55.4 Å². The summed E-state index contributed by atoms with van der Waals surface area (Å²) in [6.45, 7) is 4.56. The summed E-state index contributed by atoms with van der Waals surface area (Å²) in [6.07, 6.45) is 7.26. The van der Waals surface area contributed by atoms with Gasteiger partial charge in [0.2, 0.25) is 0 Å². The number of thioether (sulfide) groups is 2. The quantitative estimate of drug-likeness (QED) is 0.378. The molecule has 26 heavy (non-hydrogen) atoms. The van der Waals surface area contributed by atoms with E-state index in [1.807, 2.05) is 23.5 Å². The zero-order valence-electron chi connectivity index (χ0n) is 15.5. The summed E-state index contributed by atoms with van der Waals surface area (Å²) in [6, 6.07) is 8.94. The molecule has 0 radical (unpaired) electrons. The van der Waals surface area contributed by atoms with Crippen LogP contribution in [0.5, 0.6) is 0 Å². The van der Waals surface area contributed by atoms with Crippen molar-refractivity contribution >= 4 is 55.4 Å². The first-order chi connectivity index (χ1) is 12.7. The van der Waals surface area contributed by atoms with E-state index >= 15 is 0 Å². The van der Waals surface area contributed by atoms with Crippen molar-refractivity contribution in [2.75, 3.05) is 0 Å². The van der Waals surface area contributed by atoms with Crippen molar-refractivity contribution in [1.29, 1.82) is 0 Å². The van der Waals surface area contributed by atoms with Crippen LogP contribution in [0.4, 0.5) is 0 Å². The van der Waals surface area contributed by atoms with E-state index < -0.39 is 0 Å². The Bertz CT molecular complexity index is 707. The minimum absolute atomic E-state index is 1.07. The van der Waals surface area contributed by atoms with Crippen molar-refractivity contribution in [1.82, 2.24) is 0 Å². The average molecular weight is 514 g/mol. The fraction of sp³-hybridized carbons (Fsp3) is 0.455. The van der Waals surface area contributed by atoms with Crippen molar-refractivity contribution in [3.8, 4) is 0 Å².